The van der Waals surface area contributed by atoms with Gasteiger partial charge in [-0.2, -0.15) is 10.4 Å². The van der Waals surface area contributed by atoms with Crippen molar-refractivity contribution in [3.63, 3.8) is 0 Å². The van der Waals surface area contributed by atoms with Crippen molar-refractivity contribution < 1.29 is 4.39 Å². The molecule has 0 saturated carbocycles. The van der Waals surface area contributed by atoms with Gasteiger partial charge in [-0.05, 0) is 45.4 Å². The van der Waals surface area contributed by atoms with E-state index in [1.54, 1.807) is 28.6 Å². The van der Waals surface area contributed by atoms with Crippen LogP contribution in [0.1, 0.15) is 33.3 Å². The monoisotopic (exact) mass is 436 g/mol. The van der Waals surface area contributed by atoms with Gasteiger partial charge in [0.1, 0.15) is 17.9 Å². The summed E-state index contributed by atoms with van der Waals surface area (Å²) in [6.07, 6.45) is 1.76. The third kappa shape index (κ3) is 3.67. The first-order chi connectivity index (χ1) is 15.1. The van der Waals surface area contributed by atoms with Crippen molar-refractivity contribution in [2.45, 2.75) is 51.9 Å². The normalized spacial score (nSPS) is 20.0. The van der Waals surface area contributed by atoms with Crippen LogP contribution in [-0.4, -0.2) is 44.4 Å². The summed E-state index contributed by atoms with van der Waals surface area (Å²) in [5.41, 5.74) is 2.95. The number of aryl methyl sites for hydroxylation is 1. The van der Waals surface area contributed by atoms with Crippen molar-refractivity contribution in [2.24, 2.45) is 7.05 Å². The SMILES string of the molecule is C[C@@H]1CN(c2cc(=O)n(C)c3cn(CC#N)nc23)[C@@H](C)CN1C(C)(C)c1ccc(F)cc1. The number of aromatic nitrogens is 3. The number of anilines is 1. The minimum Gasteiger partial charge on any atom is -0.364 e. The zero-order valence-corrected chi connectivity index (χ0v) is 19.2. The standard InChI is InChI=1S/C24H29FN6O/c1-16-14-31(24(3,4)18-6-8-19(25)9-7-18)17(2)13-30(16)20-12-22(32)28(5)21-15-29(11-10-26)27-23(20)21/h6-9,12,15-17H,11,13-14H2,1-5H3/t16-,17+/m0/s1. The lowest BCUT2D eigenvalue weighted by Crippen LogP contribution is -2.61. The van der Waals surface area contributed by atoms with Crippen LogP contribution in [0.25, 0.3) is 11.0 Å². The van der Waals surface area contributed by atoms with Gasteiger partial charge < -0.3 is 9.47 Å². The van der Waals surface area contributed by atoms with Crippen molar-refractivity contribution in [1.82, 2.24) is 19.2 Å². The molecule has 2 atom stereocenters. The number of piperazine rings is 1. The van der Waals surface area contributed by atoms with E-state index in [2.05, 4.69) is 48.7 Å². The Morgan fingerprint density at radius 1 is 1.19 bits per heavy atom. The molecule has 1 saturated heterocycles. The lowest BCUT2D eigenvalue weighted by atomic mass is 9.88. The lowest BCUT2D eigenvalue weighted by molar-refractivity contribution is 0.0506. The largest absolute Gasteiger partial charge is 0.364 e. The first-order valence-corrected chi connectivity index (χ1v) is 10.9. The number of nitriles is 1. The van der Waals surface area contributed by atoms with Gasteiger partial charge in [-0.3, -0.25) is 14.4 Å². The number of hydrogen-bond acceptors (Lipinski definition) is 5. The molecule has 0 spiro atoms. The second kappa shape index (κ2) is 8.06. The molecule has 32 heavy (non-hydrogen) atoms. The molecule has 1 aromatic carbocycles. The van der Waals surface area contributed by atoms with Crippen molar-refractivity contribution in [2.75, 3.05) is 18.0 Å². The number of rotatable bonds is 4. The number of halogens is 1. The molecule has 4 rings (SSSR count). The highest BCUT2D eigenvalue weighted by atomic mass is 19.1. The van der Waals surface area contributed by atoms with Gasteiger partial charge in [-0.15, -0.1) is 0 Å². The third-order valence-electron chi connectivity index (χ3n) is 6.73. The molecule has 3 heterocycles. The van der Waals surface area contributed by atoms with E-state index in [-0.39, 0.29) is 35.5 Å². The predicted molar refractivity (Wildman–Crippen MR) is 123 cm³/mol. The zero-order chi connectivity index (χ0) is 23.2. The fourth-order valence-corrected chi connectivity index (χ4v) is 4.88. The van der Waals surface area contributed by atoms with E-state index >= 15 is 0 Å². The lowest BCUT2D eigenvalue weighted by Gasteiger charge is -2.51. The Balaban J connectivity index is 1.69. The highest BCUT2D eigenvalue weighted by Crippen LogP contribution is 2.35. The van der Waals surface area contributed by atoms with Crippen LogP contribution in [0.3, 0.4) is 0 Å². The maximum absolute atomic E-state index is 13.5. The predicted octanol–water partition coefficient (Wildman–Crippen LogP) is 3.23. The van der Waals surface area contributed by atoms with Crippen LogP contribution in [0.4, 0.5) is 10.1 Å². The summed E-state index contributed by atoms with van der Waals surface area (Å²) in [5.74, 6) is -0.235. The molecule has 168 valence electrons. The Bertz CT molecular complexity index is 1240. The van der Waals surface area contributed by atoms with Gasteiger partial charge in [0.05, 0.1) is 23.5 Å². The summed E-state index contributed by atoms with van der Waals surface area (Å²) in [4.78, 5) is 17.4. The van der Waals surface area contributed by atoms with Gasteiger partial charge in [0.25, 0.3) is 5.56 Å². The second-order valence-electron chi connectivity index (χ2n) is 9.21. The molecule has 2 aromatic heterocycles. The van der Waals surface area contributed by atoms with Crippen molar-refractivity contribution in [3.8, 4) is 6.07 Å². The topological polar surface area (TPSA) is 70.1 Å². The molecule has 3 aromatic rings. The number of nitrogens with zero attached hydrogens (tertiary/aromatic N) is 6. The van der Waals surface area contributed by atoms with Gasteiger partial charge in [0.15, 0.2) is 0 Å². The smallest absolute Gasteiger partial charge is 0.252 e. The van der Waals surface area contributed by atoms with Crippen LogP contribution >= 0.6 is 0 Å². The van der Waals surface area contributed by atoms with Crippen molar-refractivity contribution in [3.05, 3.63) is 58.3 Å². The van der Waals surface area contributed by atoms with Gasteiger partial charge >= 0.3 is 0 Å². The van der Waals surface area contributed by atoms with Gasteiger partial charge in [0.2, 0.25) is 0 Å². The summed E-state index contributed by atoms with van der Waals surface area (Å²) >= 11 is 0. The van der Waals surface area contributed by atoms with Crippen LogP contribution in [0.2, 0.25) is 0 Å². The van der Waals surface area contributed by atoms with E-state index < -0.39 is 0 Å². The Labute approximate surface area is 187 Å². The molecule has 0 N–H and O–H groups in total. The summed E-state index contributed by atoms with van der Waals surface area (Å²) in [6.45, 7) is 10.3. The maximum atomic E-state index is 13.5. The van der Waals surface area contributed by atoms with E-state index in [4.69, 9.17) is 5.26 Å². The maximum Gasteiger partial charge on any atom is 0.252 e. The van der Waals surface area contributed by atoms with Crippen LogP contribution in [0.5, 0.6) is 0 Å². The summed E-state index contributed by atoms with van der Waals surface area (Å²) in [6, 6.07) is 10.8. The fraction of sp³-hybridized carbons (Fsp3) is 0.458. The molecule has 0 radical (unpaired) electrons. The summed E-state index contributed by atoms with van der Waals surface area (Å²) < 4.78 is 16.6. The minimum absolute atomic E-state index is 0.0991. The second-order valence-corrected chi connectivity index (χ2v) is 9.21. The quantitative estimate of drug-likeness (QED) is 0.628. The van der Waals surface area contributed by atoms with E-state index in [0.29, 0.717) is 0 Å². The van der Waals surface area contributed by atoms with Gasteiger partial charge in [-0.25, -0.2) is 4.39 Å². The van der Waals surface area contributed by atoms with Crippen molar-refractivity contribution in [1.29, 1.82) is 5.26 Å². The Hall–Kier alpha value is -3.18. The Morgan fingerprint density at radius 3 is 2.53 bits per heavy atom. The molecule has 0 bridgehead atoms. The minimum atomic E-state index is -0.274. The van der Waals surface area contributed by atoms with Crippen LogP contribution in [0.15, 0.2) is 41.3 Å². The molecular weight excluding hydrogens is 407 g/mol. The molecule has 0 unspecified atom stereocenters. The highest BCUT2D eigenvalue weighted by molar-refractivity contribution is 5.88. The highest BCUT2D eigenvalue weighted by Gasteiger charge is 2.39. The van der Waals surface area contributed by atoms with Crippen molar-refractivity contribution >= 4 is 16.7 Å². The molecule has 0 amide bonds. The molecule has 0 aliphatic carbocycles. The third-order valence-corrected chi connectivity index (χ3v) is 6.73. The average Bonchev–Trinajstić information content (AvgIpc) is 3.17. The number of hydrogen-bond donors (Lipinski definition) is 0. The molecule has 8 heteroatoms. The number of pyridine rings is 1. The molecule has 1 aliphatic rings. The van der Waals surface area contributed by atoms with E-state index in [9.17, 15) is 9.18 Å². The first-order valence-electron chi connectivity index (χ1n) is 10.9. The average molecular weight is 437 g/mol. The number of fused-ring (bicyclic) bond motifs is 1. The van der Waals surface area contributed by atoms with Crippen LogP contribution in [0, 0.1) is 17.1 Å². The van der Waals surface area contributed by atoms with Gasteiger partial charge in [-0.1, -0.05) is 12.1 Å². The Kier molecular flexibility index (Phi) is 5.55. The van der Waals surface area contributed by atoms with E-state index in [1.165, 1.54) is 12.1 Å². The Morgan fingerprint density at radius 2 is 1.88 bits per heavy atom. The van der Waals surface area contributed by atoms with Crippen LogP contribution in [-0.2, 0) is 19.1 Å². The molecular formula is C24H29FN6O. The fourth-order valence-electron chi connectivity index (χ4n) is 4.88. The molecule has 1 aliphatic heterocycles. The summed E-state index contributed by atoms with van der Waals surface area (Å²) in [7, 11) is 1.72. The zero-order valence-electron chi connectivity index (χ0n) is 19.2. The summed E-state index contributed by atoms with van der Waals surface area (Å²) in [5, 5.41) is 13.7. The van der Waals surface area contributed by atoms with E-state index in [0.717, 1.165) is 35.4 Å². The van der Waals surface area contributed by atoms with Crippen LogP contribution < -0.4 is 10.5 Å². The number of benzene rings is 1. The molecule has 1 fully saturated rings. The molecule has 7 nitrogen and oxygen atoms in total. The first kappa shape index (κ1) is 22.0. The van der Waals surface area contributed by atoms with E-state index in [1.807, 2.05) is 12.1 Å². The van der Waals surface area contributed by atoms with Gasteiger partial charge in [0, 0.05) is 43.8 Å².